The fraction of sp³-hybridized carbons (Fsp3) is 0.318. The van der Waals surface area contributed by atoms with E-state index < -0.39 is 6.10 Å². The summed E-state index contributed by atoms with van der Waals surface area (Å²) >= 11 is 0. The van der Waals surface area contributed by atoms with Gasteiger partial charge in [0, 0.05) is 5.56 Å². The van der Waals surface area contributed by atoms with Crippen LogP contribution in [-0.4, -0.2) is 29.3 Å². The molecule has 1 heterocycles. The van der Waals surface area contributed by atoms with Gasteiger partial charge in [-0.1, -0.05) is 43.3 Å². The van der Waals surface area contributed by atoms with Gasteiger partial charge in [0.15, 0.2) is 6.10 Å². The van der Waals surface area contributed by atoms with Crippen LogP contribution in [0.1, 0.15) is 31.7 Å². The molecular formula is C22H25N3O4. The lowest BCUT2D eigenvalue weighted by Gasteiger charge is -2.17. The lowest BCUT2D eigenvalue weighted by atomic mass is 10.2. The highest BCUT2D eigenvalue weighted by Gasteiger charge is 2.19. The highest BCUT2D eigenvalue weighted by atomic mass is 16.5. The molecule has 0 fully saturated rings. The molecule has 0 saturated carbocycles. The Labute approximate surface area is 170 Å². The Hall–Kier alpha value is -3.35. The maximum atomic E-state index is 12.5. The Kier molecular flexibility index (Phi) is 6.84. The van der Waals surface area contributed by atoms with Crippen molar-refractivity contribution in [2.24, 2.45) is 0 Å². The number of amides is 1. The van der Waals surface area contributed by atoms with Crippen molar-refractivity contribution in [1.82, 2.24) is 15.5 Å². The summed E-state index contributed by atoms with van der Waals surface area (Å²) in [7, 11) is 1.60. The number of aromatic nitrogens is 2. The first kappa shape index (κ1) is 20.4. The van der Waals surface area contributed by atoms with E-state index in [0.29, 0.717) is 29.6 Å². The molecule has 0 bridgehead atoms. The van der Waals surface area contributed by atoms with Crippen LogP contribution < -0.4 is 14.8 Å². The summed E-state index contributed by atoms with van der Waals surface area (Å²) in [6.45, 7) is 4.12. The Bertz CT molecular complexity index is 937. The first-order valence-electron chi connectivity index (χ1n) is 9.63. The molecule has 7 nitrogen and oxygen atoms in total. The molecule has 0 spiro atoms. The molecule has 1 atom stereocenters. The van der Waals surface area contributed by atoms with Crippen molar-refractivity contribution in [3.8, 4) is 22.9 Å². The second-order valence-corrected chi connectivity index (χ2v) is 6.47. The molecule has 29 heavy (non-hydrogen) atoms. The normalized spacial score (nSPS) is 11.7. The molecule has 1 amide bonds. The smallest absolute Gasteiger partial charge is 0.261 e. The van der Waals surface area contributed by atoms with Gasteiger partial charge < -0.3 is 19.3 Å². The molecule has 1 aromatic heterocycles. The van der Waals surface area contributed by atoms with E-state index in [1.54, 1.807) is 7.11 Å². The molecule has 3 rings (SSSR count). The first-order valence-corrected chi connectivity index (χ1v) is 9.63. The molecular weight excluding hydrogens is 370 g/mol. The fourth-order valence-corrected chi connectivity index (χ4v) is 2.77. The summed E-state index contributed by atoms with van der Waals surface area (Å²) in [5.41, 5.74) is 1.99. The molecule has 0 aliphatic rings. The van der Waals surface area contributed by atoms with E-state index in [2.05, 4.69) is 22.4 Å². The standard InChI is InChI=1S/C22H25N3O4/c1-4-15-9-11-17(12-10-15)28-19(5-2)22(26)23-14-20-24-21(25-29-20)16-7-6-8-18(13-16)27-3/h6-13,19H,4-5,14H2,1-3H3,(H,23,26). The minimum atomic E-state index is -0.594. The van der Waals surface area contributed by atoms with Gasteiger partial charge in [-0.15, -0.1) is 0 Å². The van der Waals surface area contributed by atoms with Crippen molar-refractivity contribution in [3.63, 3.8) is 0 Å². The van der Waals surface area contributed by atoms with Crippen LogP contribution in [-0.2, 0) is 17.8 Å². The van der Waals surface area contributed by atoms with Crippen LogP contribution >= 0.6 is 0 Å². The van der Waals surface area contributed by atoms with Crippen LogP contribution in [0.3, 0.4) is 0 Å². The van der Waals surface area contributed by atoms with Crippen LogP contribution in [0.4, 0.5) is 0 Å². The van der Waals surface area contributed by atoms with Gasteiger partial charge in [0.1, 0.15) is 11.5 Å². The largest absolute Gasteiger partial charge is 0.497 e. The average Bonchev–Trinajstić information content (AvgIpc) is 3.25. The summed E-state index contributed by atoms with van der Waals surface area (Å²) in [5.74, 6) is 1.90. The number of nitrogens with one attached hydrogen (secondary N) is 1. The van der Waals surface area contributed by atoms with E-state index in [0.717, 1.165) is 12.0 Å². The maximum absolute atomic E-state index is 12.5. The van der Waals surface area contributed by atoms with Crippen LogP contribution in [0.5, 0.6) is 11.5 Å². The minimum absolute atomic E-state index is 0.129. The monoisotopic (exact) mass is 395 g/mol. The number of rotatable bonds is 9. The quantitative estimate of drug-likeness (QED) is 0.593. The molecule has 1 unspecified atom stereocenters. The van der Waals surface area contributed by atoms with Crippen LogP contribution in [0, 0.1) is 0 Å². The lowest BCUT2D eigenvalue weighted by Crippen LogP contribution is -2.37. The van der Waals surface area contributed by atoms with Gasteiger partial charge in [0.05, 0.1) is 13.7 Å². The van der Waals surface area contributed by atoms with Crippen LogP contribution in [0.2, 0.25) is 0 Å². The van der Waals surface area contributed by atoms with Gasteiger partial charge in [-0.05, 0) is 42.7 Å². The topological polar surface area (TPSA) is 86.5 Å². The number of benzene rings is 2. The average molecular weight is 395 g/mol. The Morgan fingerprint density at radius 3 is 2.62 bits per heavy atom. The van der Waals surface area contributed by atoms with Gasteiger partial charge in [0.2, 0.25) is 11.7 Å². The van der Waals surface area contributed by atoms with E-state index in [4.69, 9.17) is 14.0 Å². The number of methoxy groups -OCH3 is 1. The highest BCUT2D eigenvalue weighted by Crippen LogP contribution is 2.21. The summed E-state index contributed by atoms with van der Waals surface area (Å²) < 4.78 is 16.3. The zero-order chi connectivity index (χ0) is 20.6. The zero-order valence-corrected chi connectivity index (χ0v) is 16.8. The third-order valence-corrected chi connectivity index (χ3v) is 4.48. The number of hydrogen-bond acceptors (Lipinski definition) is 6. The minimum Gasteiger partial charge on any atom is -0.497 e. The molecule has 2 aromatic carbocycles. The Morgan fingerprint density at radius 2 is 1.93 bits per heavy atom. The molecule has 1 N–H and O–H groups in total. The third kappa shape index (κ3) is 5.34. The van der Waals surface area contributed by atoms with Crippen LogP contribution in [0.15, 0.2) is 53.1 Å². The number of carbonyl (C=O) groups is 1. The molecule has 0 radical (unpaired) electrons. The van der Waals surface area contributed by atoms with E-state index in [1.807, 2.05) is 55.5 Å². The van der Waals surface area contributed by atoms with Gasteiger partial charge in [-0.2, -0.15) is 4.98 Å². The predicted molar refractivity (Wildman–Crippen MR) is 109 cm³/mol. The molecule has 0 aliphatic heterocycles. The van der Waals surface area contributed by atoms with E-state index in [9.17, 15) is 4.79 Å². The molecule has 0 aliphatic carbocycles. The molecule has 152 valence electrons. The number of hydrogen-bond donors (Lipinski definition) is 1. The second-order valence-electron chi connectivity index (χ2n) is 6.47. The van der Waals surface area contributed by atoms with Crippen LogP contribution in [0.25, 0.3) is 11.4 Å². The molecule has 7 heteroatoms. The number of ether oxygens (including phenoxy) is 2. The van der Waals surface area contributed by atoms with Gasteiger partial charge >= 0.3 is 0 Å². The number of nitrogens with zero attached hydrogens (tertiary/aromatic N) is 2. The predicted octanol–water partition coefficient (Wildman–Crippen LogP) is 3.78. The number of aryl methyl sites for hydroxylation is 1. The SMILES string of the molecule is CCc1ccc(OC(CC)C(=O)NCc2nc(-c3cccc(OC)c3)no2)cc1. The third-order valence-electron chi connectivity index (χ3n) is 4.48. The zero-order valence-electron chi connectivity index (χ0n) is 16.8. The molecule has 3 aromatic rings. The van der Waals surface area contributed by atoms with Crippen molar-refractivity contribution in [1.29, 1.82) is 0 Å². The van der Waals surface area contributed by atoms with Crippen molar-refractivity contribution in [2.75, 3.05) is 7.11 Å². The highest BCUT2D eigenvalue weighted by molar-refractivity contribution is 5.81. The van der Waals surface area contributed by atoms with Gasteiger partial charge in [-0.25, -0.2) is 0 Å². The van der Waals surface area contributed by atoms with Crippen molar-refractivity contribution in [2.45, 2.75) is 39.3 Å². The van der Waals surface area contributed by atoms with Gasteiger partial charge in [0.25, 0.3) is 5.91 Å². The summed E-state index contributed by atoms with van der Waals surface area (Å²) in [5, 5.41) is 6.76. The van der Waals surface area contributed by atoms with Crippen molar-refractivity contribution >= 4 is 5.91 Å². The maximum Gasteiger partial charge on any atom is 0.261 e. The Balaban J connectivity index is 1.58. The fourth-order valence-electron chi connectivity index (χ4n) is 2.77. The Morgan fingerprint density at radius 1 is 1.14 bits per heavy atom. The second kappa shape index (κ2) is 9.73. The van der Waals surface area contributed by atoms with E-state index in [-0.39, 0.29) is 12.5 Å². The van der Waals surface area contributed by atoms with E-state index in [1.165, 1.54) is 5.56 Å². The lowest BCUT2D eigenvalue weighted by molar-refractivity contribution is -0.128. The molecule has 0 saturated heterocycles. The summed E-state index contributed by atoms with van der Waals surface area (Å²) in [6.07, 6.45) is 0.906. The summed E-state index contributed by atoms with van der Waals surface area (Å²) in [6, 6.07) is 15.1. The number of carbonyl (C=O) groups excluding carboxylic acids is 1. The first-order chi connectivity index (χ1) is 14.1. The van der Waals surface area contributed by atoms with Crippen molar-refractivity contribution in [3.05, 3.63) is 60.0 Å². The van der Waals surface area contributed by atoms with Crippen molar-refractivity contribution < 1.29 is 18.8 Å². The van der Waals surface area contributed by atoms with E-state index >= 15 is 0 Å². The summed E-state index contributed by atoms with van der Waals surface area (Å²) in [4.78, 5) is 16.8. The van der Waals surface area contributed by atoms with Gasteiger partial charge in [-0.3, -0.25) is 4.79 Å².